The Hall–Kier alpha value is -3.30. The van der Waals surface area contributed by atoms with Crippen LogP contribution in [0.4, 0.5) is 5.69 Å². The number of likely N-dealkylation sites (tertiary alicyclic amines) is 1. The Morgan fingerprint density at radius 1 is 0.698 bits per heavy atom. The quantitative estimate of drug-likeness (QED) is 0.0796. The second kappa shape index (κ2) is 20.4. The maximum absolute atomic E-state index is 13.3. The number of carbonyl (C=O) groups excluding carboxylic acids is 4. The number of hydrogen-bond acceptors (Lipinski definition) is 14. The largest absolute Gasteiger partial charge is 0.388 e. The van der Waals surface area contributed by atoms with E-state index in [1.807, 2.05) is 18.2 Å². The van der Waals surface area contributed by atoms with Gasteiger partial charge in [0.2, 0.25) is 23.6 Å². The fourth-order valence-electron chi connectivity index (χ4n) is 6.44. The summed E-state index contributed by atoms with van der Waals surface area (Å²) < 4.78 is 21.8. The monoisotopic (exact) mass is 754 g/mol. The number of hydrogen-bond donors (Lipinski definition) is 9. The van der Waals surface area contributed by atoms with Crippen LogP contribution in [-0.2, 0) is 38.1 Å². The predicted octanol–water partition coefficient (Wildman–Crippen LogP) is -2.43. The highest BCUT2D eigenvalue weighted by molar-refractivity contribution is 5.90. The smallest absolute Gasteiger partial charge is 0.225 e. The minimum absolute atomic E-state index is 0.0123. The Morgan fingerprint density at radius 2 is 1.17 bits per heavy atom. The van der Waals surface area contributed by atoms with Crippen molar-refractivity contribution < 1.29 is 68.8 Å². The lowest BCUT2D eigenvalue weighted by atomic mass is 9.87. The van der Waals surface area contributed by atoms with E-state index in [1.54, 1.807) is 12.1 Å². The summed E-state index contributed by atoms with van der Waals surface area (Å²) in [6, 6.07) is 9.01. The van der Waals surface area contributed by atoms with Crippen LogP contribution in [0.1, 0.15) is 46.0 Å². The van der Waals surface area contributed by atoms with E-state index in [9.17, 15) is 49.8 Å². The van der Waals surface area contributed by atoms with E-state index in [1.165, 1.54) is 18.7 Å². The summed E-state index contributed by atoms with van der Waals surface area (Å²) in [5.74, 6) is -2.83. The molecule has 0 bridgehead atoms. The van der Waals surface area contributed by atoms with E-state index in [0.717, 1.165) is 0 Å². The summed E-state index contributed by atoms with van der Waals surface area (Å²) in [5.41, 5.74) is 0.676. The van der Waals surface area contributed by atoms with Crippen molar-refractivity contribution in [2.24, 2.45) is 11.8 Å². The second-order valence-corrected chi connectivity index (χ2v) is 13.7. The van der Waals surface area contributed by atoms with Crippen LogP contribution in [0.5, 0.6) is 0 Å². The SMILES string of the molecule is C[C@@H]1O[C@@H](OCCNC(=O)[C@@H]2C[C@H](C(=O)NCCO[C@@H]3O[C@@H](C)[C@@H](O)[C@@H](O)[C@@H]3O)CN(C(=O)CCCCC(=O)Nc3ccccc3)C2)[C@@H](O)[C@H](O)[C@@H]1O. The van der Waals surface area contributed by atoms with Crippen LogP contribution in [0.25, 0.3) is 0 Å². The summed E-state index contributed by atoms with van der Waals surface area (Å²) in [4.78, 5) is 53.7. The molecule has 12 atom stereocenters. The van der Waals surface area contributed by atoms with Crippen molar-refractivity contribution in [3.05, 3.63) is 30.3 Å². The number of benzene rings is 1. The van der Waals surface area contributed by atoms with Crippen LogP contribution >= 0.6 is 0 Å². The molecular formula is C35H54N4O14. The van der Waals surface area contributed by atoms with E-state index in [-0.39, 0.29) is 70.5 Å². The Bertz CT molecular complexity index is 1280. The van der Waals surface area contributed by atoms with Gasteiger partial charge in [-0.1, -0.05) is 18.2 Å². The third-order valence-electron chi connectivity index (χ3n) is 9.63. The summed E-state index contributed by atoms with van der Waals surface area (Å²) in [6.45, 7) is 2.92. The number of ether oxygens (including phenoxy) is 4. The van der Waals surface area contributed by atoms with Gasteiger partial charge < -0.3 is 70.4 Å². The number of amides is 4. The summed E-state index contributed by atoms with van der Waals surface area (Å²) >= 11 is 0. The normalized spacial score (nSPS) is 33.2. The van der Waals surface area contributed by atoms with E-state index in [4.69, 9.17) is 18.9 Å². The highest BCUT2D eigenvalue weighted by Crippen LogP contribution is 2.25. The lowest BCUT2D eigenvalue weighted by molar-refractivity contribution is -0.292. The number of nitrogens with one attached hydrogen (secondary N) is 3. The van der Waals surface area contributed by atoms with Crippen LogP contribution in [-0.4, -0.2) is 160 Å². The Kier molecular flexibility index (Phi) is 16.3. The van der Waals surface area contributed by atoms with E-state index in [0.29, 0.717) is 18.5 Å². The molecule has 3 aliphatic rings. The molecule has 3 heterocycles. The van der Waals surface area contributed by atoms with Gasteiger partial charge in [0.15, 0.2) is 12.6 Å². The fourth-order valence-corrected chi connectivity index (χ4v) is 6.44. The predicted molar refractivity (Wildman–Crippen MR) is 184 cm³/mol. The van der Waals surface area contributed by atoms with E-state index >= 15 is 0 Å². The number of carbonyl (C=O) groups is 4. The van der Waals surface area contributed by atoms with Gasteiger partial charge in [0.1, 0.15) is 36.6 Å². The van der Waals surface area contributed by atoms with E-state index in [2.05, 4.69) is 16.0 Å². The average Bonchev–Trinajstić information content (AvgIpc) is 3.15. The first-order valence-electron chi connectivity index (χ1n) is 18.1. The Balaban J connectivity index is 1.27. The third kappa shape index (κ3) is 12.1. The number of para-hydroxylation sites is 1. The number of piperidine rings is 1. The number of nitrogens with zero attached hydrogens (tertiary/aromatic N) is 1. The number of aliphatic hydroxyl groups excluding tert-OH is 6. The first kappa shape index (κ1) is 42.4. The molecule has 18 heteroatoms. The summed E-state index contributed by atoms with van der Waals surface area (Å²) in [5, 5.41) is 68.3. The highest BCUT2D eigenvalue weighted by Gasteiger charge is 2.43. The maximum Gasteiger partial charge on any atom is 0.225 e. The van der Waals surface area contributed by atoms with Crippen molar-refractivity contribution in [2.75, 3.05) is 44.7 Å². The van der Waals surface area contributed by atoms with E-state index < -0.39 is 85.1 Å². The Labute approximate surface area is 307 Å². The minimum Gasteiger partial charge on any atom is -0.388 e. The first-order valence-corrected chi connectivity index (χ1v) is 18.1. The molecule has 0 aromatic heterocycles. The van der Waals surface area contributed by atoms with Gasteiger partial charge in [-0.15, -0.1) is 0 Å². The van der Waals surface area contributed by atoms with Crippen LogP contribution in [0.2, 0.25) is 0 Å². The number of anilines is 1. The van der Waals surface area contributed by atoms with Crippen molar-refractivity contribution in [3.63, 3.8) is 0 Å². The Morgan fingerprint density at radius 3 is 1.66 bits per heavy atom. The number of unbranched alkanes of at least 4 members (excludes halogenated alkanes) is 1. The number of aliphatic hydroxyl groups is 6. The van der Waals surface area contributed by atoms with Crippen molar-refractivity contribution in [2.45, 2.75) is 107 Å². The fraction of sp³-hybridized carbons (Fsp3) is 0.714. The van der Waals surface area contributed by atoms with Crippen molar-refractivity contribution in [1.82, 2.24) is 15.5 Å². The molecule has 3 saturated heterocycles. The molecule has 9 N–H and O–H groups in total. The van der Waals surface area contributed by atoms with Crippen molar-refractivity contribution >= 4 is 29.3 Å². The molecule has 1 aromatic carbocycles. The molecule has 3 aliphatic heterocycles. The van der Waals surface area contributed by atoms with Gasteiger partial charge in [-0.05, 0) is 45.2 Å². The molecule has 0 radical (unpaired) electrons. The molecule has 1 aromatic rings. The maximum atomic E-state index is 13.3. The van der Waals surface area contributed by atoms with Gasteiger partial charge in [-0.25, -0.2) is 0 Å². The lowest BCUT2D eigenvalue weighted by Crippen LogP contribution is -2.57. The first-order chi connectivity index (χ1) is 25.3. The average molecular weight is 755 g/mol. The van der Waals surface area contributed by atoms with Gasteiger partial charge in [-0.2, -0.15) is 0 Å². The molecule has 4 rings (SSSR count). The summed E-state index contributed by atoms with van der Waals surface area (Å²) in [7, 11) is 0. The molecule has 298 valence electrons. The molecule has 0 aliphatic carbocycles. The van der Waals surface area contributed by atoms with Crippen molar-refractivity contribution in [3.8, 4) is 0 Å². The van der Waals surface area contributed by atoms with Gasteiger partial charge in [0.25, 0.3) is 0 Å². The van der Waals surface area contributed by atoms with Crippen LogP contribution in [0, 0.1) is 11.8 Å². The molecule has 53 heavy (non-hydrogen) atoms. The van der Waals surface area contributed by atoms with Gasteiger partial charge >= 0.3 is 0 Å². The molecule has 4 amide bonds. The van der Waals surface area contributed by atoms with Gasteiger partial charge in [0, 0.05) is 44.7 Å². The lowest BCUT2D eigenvalue weighted by Gasteiger charge is -2.39. The second-order valence-electron chi connectivity index (χ2n) is 13.7. The molecule has 18 nitrogen and oxygen atoms in total. The number of rotatable bonds is 16. The van der Waals surface area contributed by atoms with Crippen molar-refractivity contribution in [1.29, 1.82) is 0 Å². The molecule has 0 spiro atoms. The van der Waals surface area contributed by atoms with Crippen LogP contribution in [0.15, 0.2) is 30.3 Å². The third-order valence-corrected chi connectivity index (χ3v) is 9.63. The zero-order valence-electron chi connectivity index (χ0n) is 30.0. The summed E-state index contributed by atoms with van der Waals surface area (Å²) in [6.07, 6.45) is -11.2. The zero-order chi connectivity index (χ0) is 38.7. The molecular weight excluding hydrogens is 700 g/mol. The standard InChI is InChI=1S/C35H54N4O14/c1-19-26(42)28(44)30(46)34(52-19)50-14-12-36-32(48)21-16-22(33(49)37-13-15-51-35-31(47)29(45)27(43)20(2)53-35)18-39(17-21)25(41)11-7-6-10-24(40)38-23-8-4-3-5-9-23/h3-5,8-9,19-22,26-31,34-35,42-47H,6-7,10-18H2,1-2H3,(H,36,48)(H,37,49)(H,38,40)/t19-,20-,21-,22+,26+,27+,28+,29+,30-,31-,34+,35+/m0/s1. The van der Waals surface area contributed by atoms with Crippen LogP contribution in [0.3, 0.4) is 0 Å². The van der Waals surface area contributed by atoms with Gasteiger partial charge in [-0.3, -0.25) is 19.2 Å². The molecule has 0 unspecified atom stereocenters. The highest BCUT2D eigenvalue weighted by atomic mass is 16.7. The molecule has 3 fully saturated rings. The zero-order valence-corrected chi connectivity index (χ0v) is 30.0. The van der Waals surface area contributed by atoms with Crippen LogP contribution < -0.4 is 16.0 Å². The molecule has 0 saturated carbocycles. The van der Waals surface area contributed by atoms with Gasteiger partial charge in [0.05, 0.1) is 37.3 Å². The topological polar surface area (TPSA) is 266 Å². The minimum atomic E-state index is -1.50.